The van der Waals surface area contributed by atoms with Crippen molar-refractivity contribution < 1.29 is 4.39 Å². The van der Waals surface area contributed by atoms with E-state index in [0.717, 1.165) is 5.57 Å². The van der Waals surface area contributed by atoms with Gasteiger partial charge >= 0.3 is 0 Å². The third kappa shape index (κ3) is 1.80. The normalized spacial score (nSPS) is 24.1. The van der Waals surface area contributed by atoms with Crippen LogP contribution in [0.1, 0.15) is 13.8 Å². The molecule has 1 atom stereocenters. The Morgan fingerprint density at radius 2 is 2.07 bits per heavy atom. The second kappa shape index (κ2) is 4.28. The molecule has 0 bridgehead atoms. The van der Waals surface area contributed by atoms with Gasteiger partial charge in [0.05, 0.1) is 0 Å². The number of hydrogen-bond donors (Lipinski definition) is 2. The Balaban J connectivity index is 0.000000461. The van der Waals surface area contributed by atoms with E-state index in [4.69, 9.17) is 5.73 Å². The molecule has 2 rings (SSSR count). The van der Waals surface area contributed by atoms with Crippen LogP contribution in [0.15, 0.2) is 35.4 Å². The van der Waals surface area contributed by atoms with Crippen LogP contribution in [0.3, 0.4) is 0 Å². The number of hydrogen-bond acceptors (Lipinski definition) is 3. The van der Waals surface area contributed by atoms with Gasteiger partial charge in [-0.25, -0.2) is 9.82 Å². The van der Waals surface area contributed by atoms with Crippen molar-refractivity contribution in [3.05, 3.63) is 35.4 Å². The summed E-state index contributed by atoms with van der Waals surface area (Å²) in [5, 5.41) is 1.71. The molecular weight excluding hydrogens is 181 g/mol. The summed E-state index contributed by atoms with van der Waals surface area (Å²) < 4.78 is 13.1. The molecule has 1 heterocycles. The number of nitrogens with two attached hydrogens (primary N) is 1. The van der Waals surface area contributed by atoms with Gasteiger partial charge in [0.15, 0.2) is 0 Å². The van der Waals surface area contributed by atoms with E-state index >= 15 is 0 Å². The van der Waals surface area contributed by atoms with Gasteiger partial charge in [-0.2, -0.15) is 0 Å². The second-order valence-electron chi connectivity index (χ2n) is 2.93. The summed E-state index contributed by atoms with van der Waals surface area (Å²) in [4.78, 5) is 0. The van der Waals surface area contributed by atoms with Crippen molar-refractivity contribution in [2.24, 2.45) is 5.73 Å². The summed E-state index contributed by atoms with van der Waals surface area (Å²) in [5.41, 5.74) is 10.00. The molecule has 0 fully saturated rings. The molecule has 0 saturated carbocycles. The highest BCUT2D eigenvalue weighted by Gasteiger charge is 2.29. The van der Waals surface area contributed by atoms with Crippen LogP contribution in [-0.2, 0) is 0 Å². The van der Waals surface area contributed by atoms with Gasteiger partial charge in [0.1, 0.15) is 11.9 Å². The van der Waals surface area contributed by atoms with Crippen molar-refractivity contribution in [3.8, 4) is 0 Å². The predicted octanol–water partition coefficient (Wildman–Crippen LogP) is 1.42. The van der Waals surface area contributed by atoms with Crippen LogP contribution < -0.4 is 11.2 Å². The van der Waals surface area contributed by atoms with E-state index in [-0.39, 0.29) is 11.9 Å². The highest BCUT2D eigenvalue weighted by atomic mass is 19.1. The average molecular weight is 197 g/mol. The van der Waals surface area contributed by atoms with E-state index in [9.17, 15) is 4.39 Å². The molecule has 0 spiro atoms. The lowest BCUT2D eigenvalue weighted by Crippen LogP contribution is -2.35. The SMILES string of the molecule is CC.CN1C=C2C(N)=CC=C(F)C2N1. The summed E-state index contributed by atoms with van der Waals surface area (Å²) in [7, 11) is 1.81. The Kier molecular flexibility index (Phi) is 3.30. The van der Waals surface area contributed by atoms with E-state index in [2.05, 4.69) is 5.43 Å². The van der Waals surface area contributed by atoms with Crippen molar-refractivity contribution >= 4 is 0 Å². The van der Waals surface area contributed by atoms with Crippen LogP contribution in [0.25, 0.3) is 0 Å². The Labute approximate surface area is 83.7 Å². The van der Waals surface area contributed by atoms with Gasteiger partial charge in [0.2, 0.25) is 0 Å². The molecule has 1 aliphatic carbocycles. The Hall–Kier alpha value is -1.29. The first-order valence-electron chi connectivity index (χ1n) is 4.72. The molecule has 4 heteroatoms. The molecule has 14 heavy (non-hydrogen) atoms. The van der Waals surface area contributed by atoms with Gasteiger partial charge in [-0.3, -0.25) is 0 Å². The second-order valence-corrected chi connectivity index (χ2v) is 2.93. The fourth-order valence-corrected chi connectivity index (χ4v) is 1.41. The molecule has 3 nitrogen and oxygen atoms in total. The van der Waals surface area contributed by atoms with Gasteiger partial charge < -0.3 is 10.7 Å². The summed E-state index contributed by atoms with van der Waals surface area (Å²) in [6.07, 6.45) is 4.77. The lowest BCUT2D eigenvalue weighted by molar-refractivity contribution is 0.325. The van der Waals surface area contributed by atoms with Gasteiger partial charge in [0.25, 0.3) is 0 Å². The Bertz CT molecular complexity index is 304. The maximum atomic E-state index is 13.1. The van der Waals surface area contributed by atoms with Gasteiger partial charge in [-0.05, 0) is 12.2 Å². The van der Waals surface area contributed by atoms with Crippen molar-refractivity contribution in [3.63, 3.8) is 0 Å². The van der Waals surface area contributed by atoms with E-state index in [1.165, 1.54) is 6.08 Å². The minimum Gasteiger partial charge on any atom is -0.398 e. The number of nitrogens with one attached hydrogen (secondary N) is 1. The summed E-state index contributed by atoms with van der Waals surface area (Å²) >= 11 is 0. The molecule has 0 aromatic heterocycles. The lowest BCUT2D eigenvalue weighted by Gasteiger charge is -2.17. The van der Waals surface area contributed by atoms with Crippen LogP contribution in [0.2, 0.25) is 0 Å². The fourth-order valence-electron chi connectivity index (χ4n) is 1.41. The predicted molar refractivity (Wildman–Crippen MR) is 55.6 cm³/mol. The third-order valence-electron chi connectivity index (χ3n) is 2.01. The largest absolute Gasteiger partial charge is 0.398 e. The molecule has 0 aromatic carbocycles. The Morgan fingerprint density at radius 3 is 2.64 bits per heavy atom. The minimum absolute atomic E-state index is 0.195. The maximum Gasteiger partial charge on any atom is 0.123 e. The van der Waals surface area contributed by atoms with Crippen LogP contribution in [-0.4, -0.2) is 18.1 Å². The molecule has 0 amide bonds. The first-order chi connectivity index (χ1) is 6.68. The molecule has 0 saturated heterocycles. The quantitative estimate of drug-likeness (QED) is 0.617. The smallest absolute Gasteiger partial charge is 0.123 e. The standard InChI is InChI=1S/C8H10FN3.C2H6/c1-12-4-5-7(10)3-2-6(9)8(5)11-12;1-2/h2-4,8,11H,10H2,1H3;1-2H3. The summed E-state index contributed by atoms with van der Waals surface area (Å²) in [6, 6.07) is -0.375. The zero-order chi connectivity index (χ0) is 10.7. The summed E-state index contributed by atoms with van der Waals surface area (Å²) in [5.74, 6) is -0.195. The molecule has 1 aliphatic heterocycles. The van der Waals surface area contributed by atoms with Crippen molar-refractivity contribution in [1.82, 2.24) is 10.4 Å². The van der Waals surface area contributed by atoms with Gasteiger partial charge in [0, 0.05) is 24.5 Å². The maximum absolute atomic E-state index is 13.1. The molecule has 0 aromatic rings. The monoisotopic (exact) mass is 197 g/mol. The number of allylic oxidation sites excluding steroid dienone is 2. The molecule has 2 aliphatic rings. The van der Waals surface area contributed by atoms with Crippen molar-refractivity contribution in [1.29, 1.82) is 0 Å². The minimum atomic E-state index is -0.375. The lowest BCUT2D eigenvalue weighted by atomic mass is 10.0. The fraction of sp³-hybridized carbons (Fsp3) is 0.400. The average Bonchev–Trinajstić information content (AvgIpc) is 2.58. The molecule has 78 valence electrons. The molecule has 0 radical (unpaired) electrons. The number of hydrazine groups is 1. The van der Waals surface area contributed by atoms with E-state index < -0.39 is 0 Å². The molecule has 3 N–H and O–H groups in total. The Morgan fingerprint density at radius 1 is 1.43 bits per heavy atom. The number of fused-ring (bicyclic) bond motifs is 1. The van der Waals surface area contributed by atoms with Crippen molar-refractivity contribution in [2.75, 3.05) is 7.05 Å². The van der Waals surface area contributed by atoms with Crippen LogP contribution in [0.5, 0.6) is 0 Å². The molecular formula is C10H16FN3. The van der Waals surface area contributed by atoms with Gasteiger partial charge in [-0.15, -0.1) is 0 Å². The highest BCUT2D eigenvalue weighted by molar-refractivity contribution is 5.46. The van der Waals surface area contributed by atoms with Crippen LogP contribution in [0.4, 0.5) is 4.39 Å². The zero-order valence-electron chi connectivity index (χ0n) is 8.71. The van der Waals surface area contributed by atoms with E-state index in [1.54, 1.807) is 17.3 Å². The molecule has 1 unspecified atom stereocenters. The zero-order valence-corrected chi connectivity index (χ0v) is 8.71. The van der Waals surface area contributed by atoms with E-state index in [0.29, 0.717) is 5.70 Å². The first kappa shape index (κ1) is 10.8. The van der Waals surface area contributed by atoms with Gasteiger partial charge in [-0.1, -0.05) is 13.8 Å². The first-order valence-corrected chi connectivity index (χ1v) is 4.72. The third-order valence-corrected chi connectivity index (χ3v) is 2.01. The number of nitrogens with zero attached hydrogens (tertiary/aromatic N) is 1. The van der Waals surface area contributed by atoms with Crippen LogP contribution >= 0.6 is 0 Å². The topological polar surface area (TPSA) is 41.3 Å². The van der Waals surface area contributed by atoms with Crippen molar-refractivity contribution in [2.45, 2.75) is 19.9 Å². The number of halogens is 1. The van der Waals surface area contributed by atoms with Crippen LogP contribution in [0, 0.1) is 0 Å². The highest BCUT2D eigenvalue weighted by Crippen LogP contribution is 2.26. The summed E-state index contributed by atoms with van der Waals surface area (Å²) in [6.45, 7) is 4.00. The number of rotatable bonds is 0. The van der Waals surface area contributed by atoms with E-state index in [1.807, 2.05) is 20.9 Å².